The highest BCUT2D eigenvalue weighted by molar-refractivity contribution is 7.88. The van der Waals surface area contributed by atoms with Crippen molar-refractivity contribution in [1.29, 1.82) is 0 Å². The summed E-state index contributed by atoms with van der Waals surface area (Å²) in [4.78, 5) is 12.5. The van der Waals surface area contributed by atoms with E-state index in [1.807, 2.05) is 0 Å². The predicted octanol–water partition coefficient (Wildman–Crippen LogP) is 0.435. The fraction of sp³-hybridized carbons (Fsp3) is 0.800. The highest BCUT2D eigenvalue weighted by Gasteiger charge is 2.34. The molecule has 24 heavy (non-hydrogen) atoms. The second-order valence-electron chi connectivity index (χ2n) is 6.60. The summed E-state index contributed by atoms with van der Waals surface area (Å²) < 4.78 is 27.2. The molecule has 1 saturated heterocycles. The van der Waals surface area contributed by atoms with E-state index in [0.717, 1.165) is 56.6 Å². The first-order valence-corrected chi connectivity index (χ1v) is 10.5. The molecule has 1 aromatic rings. The van der Waals surface area contributed by atoms with E-state index in [9.17, 15) is 13.2 Å². The predicted molar refractivity (Wildman–Crippen MR) is 88.6 cm³/mol. The van der Waals surface area contributed by atoms with E-state index in [-0.39, 0.29) is 5.91 Å². The van der Waals surface area contributed by atoms with Gasteiger partial charge in [0.15, 0.2) is 5.82 Å². The number of sulfonamides is 1. The van der Waals surface area contributed by atoms with Crippen LogP contribution in [0.2, 0.25) is 0 Å². The van der Waals surface area contributed by atoms with E-state index in [1.165, 1.54) is 10.7 Å². The zero-order valence-corrected chi connectivity index (χ0v) is 14.9. The Morgan fingerprint density at radius 3 is 2.75 bits per heavy atom. The Hall–Kier alpha value is -1.48. The SMILES string of the molecule is CS(=O)(=O)N1CCCCC1C(=O)NCc1nnc2n1CCCCC2. The first kappa shape index (κ1) is 17.3. The molecule has 0 aromatic carbocycles. The van der Waals surface area contributed by atoms with Crippen LogP contribution in [0, 0.1) is 0 Å². The van der Waals surface area contributed by atoms with Crippen LogP contribution in [0.1, 0.15) is 50.2 Å². The minimum absolute atomic E-state index is 0.244. The van der Waals surface area contributed by atoms with Crippen molar-refractivity contribution in [3.8, 4) is 0 Å². The molecule has 0 aliphatic carbocycles. The fourth-order valence-electron chi connectivity index (χ4n) is 3.52. The molecule has 2 aliphatic rings. The van der Waals surface area contributed by atoms with E-state index in [2.05, 4.69) is 20.1 Å². The second-order valence-corrected chi connectivity index (χ2v) is 8.53. The molecule has 1 atom stereocenters. The van der Waals surface area contributed by atoms with Crippen LogP contribution in [0.15, 0.2) is 0 Å². The first-order valence-electron chi connectivity index (χ1n) is 8.62. The lowest BCUT2D eigenvalue weighted by atomic mass is 10.0. The number of aryl methyl sites for hydroxylation is 1. The van der Waals surface area contributed by atoms with Gasteiger partial charge in [0.1, 0.15) is 11.9 Å². The maximum atomic E-state index is 12.5. The third kappa shape index (κ3) is 3.77. The Morgan fingerprint density at radius 2 is 1.96 bits per heavy atom. The number of piperidine rings is 1. The van der Waals surface area contributed by atoms with E-state index >= 15 is 0 Å². The van der Waals surface area contributed by atoms with Gasteiger partial charge in [-0.15, -0.1) is 10.2 Å². The Kier molecular flexibility index (Phi) is 5.19. The van der Waals surface area contributed by atoms with Crippen LogP contribution in [0.3, 0.4) is 0 Å². The Labute approximate surface area is 142 Å². The number of hydrogen-bond donors (Lipinski definition) is 1. The summed E-state index contributed by atoms with van der Waals surface area (Å²) in [7, 11) is -3.37. The van der Waals surface area contributed by atoms with Crippen LogP contribution < -0.4 is 5.32 Å². The fourth-order valence-corrected chi connectivity index (χ4v) is 4.65. The Morgan fingerprint density at radius 1 is 1.17 bits per heavy atom. The summed E-state index contributed by atoms with van der Waals surface area (Å²) in [5, 5.41) is 11.3. The number of carbonyl (C=O) groups excluding carboxylic acids is 1. The summed E-state index contributed by atoms with van der Waals surface area (Å²) in [6, 6.07) is -0.611. The molecule has 1 fully saturated rings. The monoisotopic (exact) mass is 355 g/mol. The number of nitrogens with one attached hydrogen (secondary N) is 1. The maximum Gasteiger partial charge on any atom is 0.238 e. The van der Waals surface area contributed by atoms with Gasteiger partial charge in [-0.3, -0.25) is 4.79 Å². The lowest BCUT2D eigenvalue weighted by molar-refractivity contribution is -0.125. The summed E-state index contributed by atoms with van der Waals surface area (Å²) in [6.45, 7) is 1.59. The van der Waals surface area contributed by atoms with Crippen LogP contribution >= 0.6 is 0 Å². The number of aromatic nitrogens is 3. The summed E-state index contributed by atoms with van der Waals surface area (Å²) in [5.41, 5.74) is 0. The molecule has 8 nitrogen and oxygen atoms in total. The molecule has 1 N–H and O–H groups in total. The lowest BCUT2D eigenvalue weighted by Crippen LogP contribution is -2.51. The molecular weight excluding hydrogens is 330 g/mol. The number of nitrogens with zero attached hydrogens (tertiary/aromatic N) is 4. The standard InChI is InChI=1S/C15H25N5O3S/c1-24(22,23)20-10-6-4-7-12(20)15(21)16-11-14-18-17-13-8-3-2-5-9-19(13)14/h12H,2-11H2,1H3,(H,16,21). The van der Waals surface area contributed by atoms with Crippen molar-refractivity contribution in [3.05, 3.63) is 11.6 Å². The van der Waals surface area contributed by atoms with Gasteiger partial charge in [-0.25, -0.2) is 8.42 Å². The summed E-state index contributed by atoms with van der Waals surface area (Å²) in [5.74, 6) is 1.49. The number of amides is 1. The van der Waals surface area contributed by atoms with Crippen LogP contribution in [0.5, 0.6) is 0 Å². The van der Waals surface area contributed by atoms with Gasteiger partial charge in [0.2, 0.25) is 15.9 Å². The minimum atomic E-state index is -3.37. The van der Waals surface area contributed by atoms with Gasteiger partial charge in [-0.2, -0.15) is 4.31 Å². The van der Waals surface area contributed by atoms with Crippen molar-refractivity contribution in [2.24, 2.45) is 0 Å². The molecule has 2 aliphatic heterocycles. The quantitative estimate of drug-likeness (QED) is 0.845. The van der Waals surface area contributed by atoms with Gasteiger partial charge >= 0.3 is 0 Å². The minimum Gasteiger partial charge on any atom is -0.347 e. The van der Waals surface area contributed by atoms with E-state index in [4.69, 9.17) is 0 Å². The molecular formula is C15H25N5O3S. The second kappa shape index (κ2) is 7.18. The molecule has 134 valence electrons. The van der Waals surface area contributed by atoms with Gasteiger partial charge in [0.05, 0.1) is 12.8 Å². The van der Waals surface area contributed by atoms with Crippen molar-refractivity contribution in [1.82, 2.24) is 24.4 Å². The number of fused-ring (bicyclic) bond motifs is 1. The zero-order valence-electron chi connectivity index (χ0n) is 14.1. The summed E-state index contributed by atoms with van der Waals surface area (Å²) in [6.07, 6.45) is 7.71. The first-order chi connectivity index (χ1) is 11.5. The average molecular weight is 355 g/mol. The molecule has 0 bridgehead atoms. The molecule has 3 heterocycles. The number of rotatable bonds is 4. The van der Waals surface area contributed by atoms with Crippen LogP contribution in [-0.4, -0.2) is 52.2 Å². The molecule has 1 aromatic heterocycles. The normalized spacial score (nSPS) is 22.6. The van der Waals surface area contributed by atoms with Crippen LogP contribution in [-0.2, 0) is 34.3 Å². The van der Waals surface area contributed by atoms with Crippen LogP contribution in [0.4, 0.5) is 0 Å². The smallest absolute Gasteiger partial charge is 0.238 e. The summed E-state index contributed by atoms with van der Waals surface area (Å²) >= 11 is 0. The highest BCUT2D eigenvalue weighted by Crippen LogP contribution is 2.20. The largest absolute Gasteiger partial charge is 0.347 e. The van der Waals surface area contributed by atoms with Gasteiger partial charge < -0.3 is 9.88 Å². The molecule has 9 heteroatoms. The molecule has 1 unspecified atom stereocenters. The van der Waals surface area contributed by atoms with Gasteiger partial charge in [0.25, 0.3) is 0 Å². The molecule has 0 radical (unpaired) electrons. The number of carbonyl (C=O) groups is 1. The van der Waals surface area contributed by atoms with Gasteiger partial charge in [-0.05, 0) is 25.7 Å². The Balaban J connectivity index is 1.66. The Bertz CT molecular complexity index is 700. The molecule has 3 rings (SSSR count). The van der Waals surface area contributed by atoms with Gasteiger partial charge in [-0.1, -0.05) is 12.8 Å². The topological polar surface area (TPSA) is 97.2 Å². The molecule has 0 saturated carbocycles. The van der Waals surface area contributed by atoms with Crippen molar-refractivity contribution in [3.63, 3.8) is 0 Å². The van der Waals surface area contributed by atoms with E-state index in [0.29, 0.717) is 19.5 Å². The van der Waals surface area contributed by atoms with Crippen molar-refractivity contribution in [2.75, 3.05) is 12.8 Å². The van der Waals surface area contributed by atoms with Gasteiger partial charge in [0, 0.05) is 19.5 Å². The highest BCUT2D eigenvalue weighted by atomic mass is 32.2. The average Bonchev–Trinajstić information content (AvgIpc) is 2.78. The molecule has 0 spiro atoms. The van der Waals surface area contributed by atoms with Crippen molar-refractivity contribution in [2.45, 2.75) is 64.1 Å². The third-order valence-electron chi connectivity index (χ3n) is 4.79. The van der Waals surface area contributed by atoms with E-state index < -0.39 is 16.1 Å². The lowest BCUT2D eigenvalue weighted by Gasteiger charge is -2.32. The molecule has 1 amide bonds. The maximum absolute atomic E-state index is 12.5. The van der Waals surface area contributed by atoms with Crippen molar-refractivity contribution < 1.29 is 13.2 Å². The third-order valence-corrected chi connectivity index (χ3v) is 6.08. The van der Waals surface area contributed by atoms with Crippen LogP contribution in [0.25, 0.3) is 0 Å². The van der Waals surface area contributed by atoms with Crippen molar-refractivity contribution >= 4 is 15.9 Å². The zero-order chi connectivity index (χ0) is 17.2. The van der Waals surface area contributed by atoms with E-state index in [1.54, 1.807) is 0 Å². The number of hydrogen-bond acceptors (Lipinski definition) is 5.